The van der Waals surface area contributed by atoms with Crippen LogP contribution in [0.15, 0.2) is 36.5 Å². The maximum Gasteiger partial charge on any atom is 0.0720 e. The number of benzene rings is 1. The molecule has 116 valence electrons. The molecular formula is C19H24N2O. The van der Waals surface area contributed by atoms with Gasteiger partial charge in [0.15, 0.2) is 0 Å². The van der Waals surface area contributed by atoms with Crippen molar-refractivity contribution in [2.75, 3.05) is 0 Å². The standard InChI is InChI=1S/C19H24N2O/c1-3-18(22)19(20)10-9-16-14(12-19)6-4-7-17(16)15-8-5-11-21-13(15)2/h4-8,11,18,22H,3,9-10,12,20H2,1-2H3/t18-,19+/m1/s1. The van der Waals surface area contributed by atoms with E-state index in [4.69, 9.17) is 5.73 Å². The molecule has 0 bridgehead atoms. The minimum atomic E-state index is -0.496. The van der Waals surface area contributed by atoms with Gasteiger partial charge >= 0.3 is 0 Å². The van der Waals surface area contributed by atoms with Crippen LogP contribution >= 0.6 is 0 Å². The number of pyridine rings is 1. The third-order valence-electron chi connectivity index (χ3n) is 4.98. The Balaban J connectivity index is 2.03. The van der Waals surface area contributed by atoms with Crippen molar-refractivity contribution in [2.45, 2.75) is 51.2 Å². The molecule has 1 aromatic carbocycles. The number of nitrogens with two attached hydrogens (primary N) is 1. The van der Waals surface area contributed by atoms with Gasteiger partial charge in [0.05, 0.1) is 6.10 Å². The van der Waals surface area contributed by atoms with Crippen molar-refractivity contribution in [2.24, 2.45) is 5.73 Å². The molecule has 22 heavy (non-hydrogen) atoms. The molecule has 1 heterocycles. The van der Waals surface area contributed by atoms with Crippen LogP contribution in [0.2, 0.25) is 0 Å². The summed E-state index contributed by atoms with van der Waals surface area (Å²) in [5.74, 6) is 0. The van der Waals surface area contributed by atoms with Crippen LogP contribution in [-0.2, 0) is 12.8 Å². The van der Waals surface area contributed by atoms with Crippen LogP contribution in [0.1, 0.15) is 36.6 Å². The predicted octanol–water partition coefficient (Wildman–Crippen LogP) is 3.01. The molecular weight excluding hydrogens is 272 g/mol. The second-order valence-electron chi connectivity index (χ2n) is 6.41. The predicted molar refractivity (Wildman–Crippen MR) is 89.7 cm³/mol. The van der Waals surface area contributed by atoms with E-state index in [0.29, 0.717) is 6.42 Å². The van der Waals surface area contributed by atoms with Gasteiger partial charge in [0.2, 0.25) is 0 Å². The summed E-state index contributed by atoms with van der Waals surface area (Å²) in [6, 6.07) is 10.5. The number of fused-ring (bicyclic) bond motifs is 1. The van der Waals surface area contributed by atoms with Crippen molar-refractivity contribution in [3.8, 4) is 11.1 Å². The van der Waals surface area contributed by atoms with Gasteiger partial charge in [0.25, 0.3) is 0 Å². The molecule has 0 radical (unpaired) electrons. The topological polar surface area (TPSA) is 59.1 Å². The van der Waals surface area contributed by atoms with Gasteiger partial charge in [-0.2, -0.15) is 0 Å². The molecule has 0 unspecified atom stereocenters. The molecule has 3 rings (SSSR count). The molecule has 3 nitrogen and oxygen atoms in total. The average Bonchev–Trinajstić information content (AvgIpc) is 2.53. The fraction of sp³-hybridized carbons (Fsp3) is 0.421. The Morgan fingerprint density at radius 2 is 2.05 bits per heavy atom. The van der Waals surface area contributed by atoms with E-state index in [1.165, 1.54) is 22.3 Å². The molecule has 0 fully saturated rings. The van der Waals surface area contributed by atoms with Gasteiger partial charge in [-0.25, -0.2) is 0 Å². The first-order valence-electron chi connectivity index (χ1n) is 8.05. The molecule has 0 aliphatic heterocycles. The summed E-state index contributed by atoms with van der Waals surface area (Å²) in [6.07, 6.45) is 4.57. The molecule has 2 atom stereocenters. The number of nitrogens with zero attached hydrogens (tertiary/aromatic N) is 1. The van der Waals surface area contributed by atoms with Crippen molar-refractivity contribution >= 4 is 0 Å². The van der Waals surface area contributed by atoms with Crippen LogP contribution in [0, 0.1) is 6.92 Å². The Morgan fingerprint density at radius 3 is 2.77 bits per heavy atom. The average molecular weight is 296 g/mol. The number of aromatic nitrogens is 1. The van der Waals surface area contributed by atoms with Crippen LogP contribution in [0.3, 0.4) is 0 Å². The van der Waals surface area contributed by atoms with Crippen LogP contribution in [0.4, 0.5) is 0 Å². The molecule has 3 N–H and O–H groups in total. The van der Waals surface area contributed by atoms with Crippen molar-refractivity contribution in [1.29, 1.82) is 0 Å². The lowest BCUT2D eigenvalue weighted by Gasteiger charge is -2.39. The minimum absolute atomic E-state index is 0.440. The molecule has 1 aromatic heterocycles. The Hall–Kier alpha value is -1.71. The molecule has 2 aromatic rings. The molecule has 1 aliphatic carbocycles. The van der Waals surface area contributed by atoms with Gasteiger partial charge in [0, 0.05) is 23.0 Å². The summed E-state index contributed by atoms with van der Waals surface area (Å²) in [5.41, 5.74) is 12.1. The Bertz CT molecular complexity index is 683. The summed E-state index contributed by atoms with van der Waals surface area (Å²) in [7, 11) is 0. The number of aryl methyl sites for hydroxylation is 1. The maximum atomic E-state index is 10.3. The quantitative estimate of drug-likeness (QED) is 0.915. The zero-order chi connectivity index (χ0) is 15.7. The summed E-state index contributed by atoms with van der Waals surface area (Å²) in [5, 5.41) is 10.3. The zero-order valence-corrected chi connectivity index (χ0v) is 13.3. The van der Waals surface area contributed by atoms with Crippen LogP contribution in [0.25, 0.3) is 11.1 Å². The fourth-order valence-corrected chi connectivity index (χ4v) is 3.61. The highest BCUT2D eigenvalue weighted by Gasteiger charge is 2.36. The Morgan fingerprint density at radius 1 is 1.27 bits per heavy atom. The summed E-state index contributed by atoms with van der Waals surface area (Å²) in [4.78, 5) is 4.41. The van der Waals surface area contributed by atoms with Crippen molar-refractivity contribution in [3.05, 3.63) is 53.3 Å². The zero-order valence-electron chi connectivity index (χ0n) is 13.3. The lowest BCUT2D eigenvalue weighted by atomic mass is 9.73. The van der Waals surface area contributed by atoms with Crippen LogP contribution < -0.4 is 5.73 Å². The Labute approximate surface area is 132 Å². The van der Waals surface area contributed by atoms with E-state index in [-0.39, 0.29) is 0 Å². The van der Waals surface area contributed by atoms with E-state index in [1.807, 2.05) is 26.1 Å². The van der Waals surface area contributed by atoms with E-state index >= 15 is 0 Å². The lowest BCUT2D eigenvalue weighted by Crippen LogP contribution is -2.54. The highest BCUT2D eigenvalue weighted by Crippen LogP contribution is 2.36. The fourth-order valence-electron chi connectivity index (χ4n) is 3.61. The van der Waals surface area contributed by atoms with Gasteiger partial charge in [-0.1, -0.05) is 31.2 Å². The smallest absolute Gasteiger partial charge is 0.0720 e. The van der Waals surface area contributed by atoms with Gasteiger partial charge in [0.1, 0.15) is 0 Å². The molecule has 0 saturated carbocycles. The first-order chi connectivity index (χ1) is 10.5. The molecule has 1 aliphatic rings. The maximum absolute atomic E-state index is 10.3. The SMILES string of the molecule is CC[C@@H](O)[C@]1(N)CCc2c(cccc2-c2cccnc2C)C1. The first-order valence-corrected chi connectivity index (χ1v) is 8.05. The molecule has 0 spiro atoms. The molecule has 3 heteroatoms. The summed E-state index contributed by atoms with van der Waals surface area (Å²) < 4.78 is 0. The number of hydrogen-bond acceptors (Lipinski definition) is 3. The minimum Gasteiger partial charge on any atom is -0.391 e. The molecule has 0 amide bonds. The Kier molecular flexibility index (Phi) is 4.02. The van der Waals surface area contributed by atoms with Gasteiger partial charge < -0.3 is 10.8 Å². The van der Waals surface area contributed by atoms with E-state index in [1.54, 1.807) is 0 Å². The van der Waals surface area contributed by atoms with E-state index < -0.39 is 11.6 Å². The van der Waals surface area contributed by atoms with Crippen molar-refractivity contribution < 1.29 is 5.11 Å². The van der Waals surface area contributed by atoms with Crippen molar-refractivity contribution in [1.82, 2.24) is 4.98 Å². The van der Waals surface area contributed by atoms with Crippen LogP contribution in [-0.4, -0.2) is 21.7 Å². The highest BCUT2D eigenvalue weighted by molar-refractivity contribution is 5.71. The third-order valence-corrected chi connectivity index (χ3v) is 4.98. The van der Waals surface area contributed by atoms with Gasteiger partial charge in [-0.15, -0.1) is 0 Å². The normalized spacial score (nSPS) is 22.2. The summed E-state index contributed by atoms with van der Waals surface area (Å²) >= 11 is 0. The number of aliphatic hydroxyl groups excluding tert-OH is 1. The lowest BCUT2D eigenvalue weighted by molar-refractivity contribution is 0.0712. The highest BCUT2D eigenvalue weighted by atomic mass is 16.3. The van der Waals surface area contributed by atoms with E-state index in [9.17, 15) is 5.11 Å². The molecule has 0 saturated heterocycles. The largest absolute Gasteiger partial charge is 0.391 e. The van der Waals surface area contributed by atoms with E-state index in [2.05, 4.69) is 29.2 Å². The third kappa shape index (κ3) is 2.55. The number of aliphatic hydroxyl groups is 1. The number of rotatable bonds is 3. The van der Waals surface area contributed by atoms with Gasteiger partial charge in [-0.3, -0.25) is 4.98 Å². The van der Waals surface area contributed by atoms with Crippen LogP contribution in [0.5, 0.6) is 0 Å². The first kappa shape index (κ1) is 15.2. The van der Waals surface area contributed by atoms with Gasteiger partial charge in [-0.05, 0) is 55.4 Å². The second-order valence-corrected chi connectivity index (χ2v) is 6.41. The van der Waals surface area contributed by atoms with Crippen molar-refractivity contribution in [3.63, 3.8) is 0 Å². The van der Waals surface area contributed by atoms with E-state index in [0.717, 1.165) is 25.0 Å². The second kappa shape index (κ2) is 5.82. The summed E-state index contributed by atoms with van der Waals surface area (Å²) in [6.45, 7) is 4.04. The monoisotopic (exact) mass is 296 g/mol. The number of hydrogen-bond donors (Lipinski definition) is 2.